The number of ketones is 1. The molecule has 0 bridgehead atoms. The van der Waals surface area contributed by atoms with Crippen LogP contribution in [-0.2, 0) is 9.59 Å². The topological polar surface area (TPSA) is 92.7 Å². The number of carbonyl (C=O) groups excluding carboxylic acids is 2. The van der Waals surface area contributed by atoms with Gasteiger partial charge in [-0.15, -0.1) is 0 Å². The average molecular weight is 321 g/mol. The minimum atomic E-state index is -1.08. The fraction of sp³-hybridized carbons (Fsp3) is 0.471. The second-order valence-corrected chi connectivity index (χ2v) is 5.51. The van der Waals surface area contributed by atoms with Gasteiger partial charge in [0.2, 0.25) is 5.91 Å². The highest BCUT2D eigenvalue weighted by Crippen LogP contribution is 2.14. The first-order chi connectivity index (χ1) is 10.8. The summed E-state index contributed by atoms with van der Waals surface area (Å²) in [6.07, 6.45) is -0.00715. The van der Waals surface area contributed by atoms with E-state index in [1.165, 1.54) is 0 Å². The van der Waals surface area contributed by atoms with Crippen molar-refractivity contribution in [2.24, 2.45) is 5.92 Å². The summed E-state index contributed by atoms with van der Waals surface area (Å²) >= 11 is 0. The van der Waals surface area contributed by atoms with Crippen molar-refractivity contribution in [2.75, 3.05) is 6.61 Å². The predicted octanol–water partition coefficient (Wildman–Crippen LogP) is 2.27. The number of ether oxygens (including phenoxy) is 1. The van der Waals surface area contributed by atoms with Crippen LogP contribution in [0.5, 0.6) is 5.75 Å². The first kappa shape index (κ1) is 18.7. The zero-order chi connectivity index (χ0) is 17.4. The maximum Gasteiger partial charge on any atom is 0.326 e. The number of carboxylic acids is 1. The maximum absolute atomic E-state index is 12.0. The Morgan fingerprint density at radius 3 is 2.22 bits per heavy atom. The van der Waals surface area contributed by atoms with Crippen molar-refractivity contribution in [1.82, 2.24) is 5.32 Å². The second kappa shape index (κ2) is 8.92. The third-order valence-corrected chi connectivity index (χ3v) is 3.32. The van der Waals surface area contributed by atoms with Gasteiger partial charge in [-0.3, -0.25) is 9.59 Å². The van der Waals surface area contributed by atoms with Crippen LogP contribution in [0.2, 0.25) is 0 Å². The molecule has 0 saturated heterocycles. The highest BCUT2D eigenvalue weighted by atomic mass is 16.5. The summed E-state index contributed by atoms with van der Waals surface area (Å²) < 4.78 is 5.30. The molecule has 1 aromatic rings. The third-order valence-electron chi connectivity index (χ3n) is 3.32. The molecule has 1 atom stereocenters. The van der Waals surface area contributed by atoms with Gasteiger partial charge in [0.25, 0.3) is 0 Å². The van der Waals surface area contributed by atoms with Crippen molar-refractivity contribution in [3.05, 3.63) is 29.8 Å². The van der Waals surface area contributed by atoms with Crippen molar-refractivity contribution >= 4 is 17.7 Å². The highest BCUT2D eigenvalue weighted by molar-refractivity contribution is 5.98. The van der Waals surface area contributed by atoms with Gasteiger partial charge in [-0.05, 0) is 37.1 Å². The number of hydrogen-bond acceptors (Lipinski definition) is 4. The van der Waals surface area contributed by atoms with Crippen molar-refractivity contribution < 1.29 is 24.2 Å². The molecule has 0 aliphatic carbocycles. The van der Waals surface area contributed by atoms with Gasteiger partial charge in [0.1, 0.15) is 11.8 Å². The van der Waals surface area contributed by atoms with Gasteiger partial charge in [-0.1, -0.05) is 13.8 Å². The summed E-state index contributed by atoms with van der Waals surface area (Å²) in [5.74, 6) is -1.22. The van der Waals surface area contributed by atoms with Gasteiger partial charge in [0.15, 0.2) is 5.78 Å². The predicted molar refractivity (Wildman–Crippen MR) is 85.6 cm³/mol. The fourth-order valence-electron chi connectivity index (χ4n) is 2.03. The van der Waals surface area contributed by atoms with Gasteiger partial charge in [0.05, 0.1) is 6.61 Å². The van der Waals surface area contributed by atoms with Crippen molar-refractivity contribution in [1.29, 1.82) is 0 Å². The van der Waals surface area contributed by atoms with E-state index in [9.17, 15) is 14.4 Å². The van der Waals surface area contributed by atoms with E-state index < -0.39 is 17.9 Å². The normalized spacial score (nSPS) is 11.8. The third kappa shape index (κ3) is 6.10. The summed E-state index contributed by atoms with van der Waals surface area (Å²) in [6.45, 7) is 5.85. The molecule has 0 radical (unpaired) electrons. The Hall–Kier alpha value is -2.37. The molecule has 0 fully saturated rings. The van der Waals surface area contributed by atoms with Gasteiger partial charge in [-0.2, -0.15) is 0 Å². The van der Waals surface area contributed by atoms with Crippen LogP contribution >= 0.6 is 0 Å². The van der Waals surface area contributed by atoms with Crippen LogP contribution in [0.3, 0.4) is 0 Å². The maximum atomic E-state index is 12.0. The van der Waals surface area contributed by atoms with Gasteiger partial charge < -0.3 is 15.2 Å². The van der Waals surface area contributed by atoms with Crippen molar-refractivity contribution in [3.8, 4) is 5.75 Å². The van der Waals surface area contributed by atoms with Crippen molar-refractivity contribution in [3.63, 3.8) is 0 Å². The van der Waals surface area contributed by atoms with E-state index in [0.29, 0.717) is 17.9 Å². The molecule has 2 N–H and O–H groups in total. The Morgan fingerprint density at radius 1 is 1.13 bits per heavy atom. The van der Waals surface area contributed by atoms with Gasteiger partial charge in [0, 0.05) is 18.4 Å². The summed E-state index contributed by atoms with van der Waals surface area (Å²) in [5.41, 5.74) is 0.500. The zero-order valence-corrected chi connectivity index (χ0v) is 13.7. The van der Waals surface area contributed by atoms with E-state index in [2.05, 4.69) is 5.32 Å². The van der Waals surface area contributed by atoms with Crippen LogP contribution in [0.1, 0.15) is 44.0 Å². The quantitative estimate of drug-likeness (QED) is 0.681. The molecule has 1 aromatic carbocycles. The molecule has 1 amide bonds. The molecule has 23 heavy (non-hydrogen) atoms. The molecule has 0 spiro atoms. The number of carbonyl (C=O) groups is 3. The smallest absolute Gasteiger partial charge is 0.326 e. The Bertz CT molecular complexity index is 551. The fourth-order valence-corrected chi connectivity index (χ4v) is 2.03. The number of nitrogens with one attached hydrogen (secondary N) is 1. The standard InChI is InChI=1S/C17H23NO5/c1-4-23-13-7-5-12(6-8-13)14(19)9-10-15(20)18-16(11(2)3)17(21)22/h5-8,11,16H,4,9-10H2,1-3H3,(H,18,20)(H,21,22)/t16-/m1/s1. The van der Waals surface area contributed by atoms with Crippen LogP contribution in [0.25, 0.3) is 0 Å². The van der Waals surface area contributed by atoms with E-state index in [0.717, 1.165) is 0 Å². The van der Waals surface area contributed by atoms with E-state index in [-0.39, 0.29) is 24.5 Å². The van der Waals surface area contributed by atoms with Crippen LogP contribution in [0, 0.1) is 5.92 Å². The second-order valence-electron chi connectivity index (χ2n) is 5.51. The number of Topliss-reactive ketones (excluding diaryl/α,β-unsaturated/α-hetero) is 1. The van der Waals surface area contributed by atoms with E-state index in [4.69, 9.17) is 9.84 Å². The molecular formula is C17H23NO5. The molecule has 0 aliphatic rings. The minimum absolute atomic E-state index is 0.0320. The Kier molecular flexibility index (Phi) is 7.25. The number of hydrogen-bond donors (Lipinski definition) is 2. The van der Waals surface area contributed by atoms with Crippen molar-refractivity contribution in [2.45, 2.75) is 39.7 Å². The van der Waals surface area contributed by atoms with Crippen LogP contribution in [0.15, 0.2) is 24.3 Å². The monoisotopic (exact) mass is 321 g/mol. The molecule has 6 nitrogen and oxygen atoms in total. The van der Waals surface area contributed by atoms with E-state index in [1.807, 2.05) is 6.92 Å². The first-order valence-corrected chi connectivity index (χ1v) is 7.63. The molecule has 0 unspecified atom stereocenters. The molecule has 126 valence electrons. The van der Waals surface area contributed by atoms with Crippen LogP contribution < -0.4 is 10.1 Å². The molecule has 0 heterocycles. The first-order valence-electron chi connectivity index (χ1n) is 7.63. The number of benzene rings is 1. The van der Waals surface area contributed by atoms with Gasteiger partial charge in [-0.25, -0.2) is 4.79 Å². The van der Waals surface area contributed by atoms with Crippen LogP contribution in [0.4, 0.5) is 0 Å². The number of amides is 1. The highest BCUT2D eigenvalue weighted by Gasteiger charge is 2.23. The molecule has 0 saturated carbocycles. The number of aliphatic carboxylic acids is 1. The number of rotatable bonds is 9. The summed E-state index contributed by atoms with van der Waals surface area (Å²) in [7, 11) is 0. The molecule has 0 aliphatic heterocycles. The summed E-state index contributed by atoms with van der Waals surface area (Å²) in [6, 6.07) is 5.77. The molecular weight excluding hydrogens is 298 g/mol. The Labute approximate surface area is 135 Å². The lowest BCUT2D eigenvalue weighted by Gasteiger charge is -2.17. The molecule has 1 rings (SSSR count). The lowest BCUT2D eigenvalue weighted by atomic mass is 10.0. The summed E-state index contributed by atoms with van der Waals surface area (Å²) in [5, 5.41) is 11.5. The summed E-state index contributed by atoms with van der Waals surface area (Å²) in [4.78, 5) is 34.9. The van der Waals surface area contributed by atoms with E-state index >= 15 is 0 Å². The van der Waals surface area contributed by atoms with E-state index in [1.54, 1.807) is 38.1 Å². The molecule has 6 heteroatoms. The zero-order valence-electron chi connectivity index (χ0n) is 13.7. The Morgan fingerprint density at radius 2 is 1.74 bits per heavy atom. The minimum Gasteiger partial charge on any atom is -0.494 e. The largest absolute Gasteiger partial charge is 0.494 e. The lowest BCUT2D eigenvalue weighted by molar-refractivity contribution is -0.143. The van der Waals surface area contributed by atoms with Crippen LogP contribution in [-0.4, -0.2) is 35.4 Å². The average Bonchev–Trinajstić information content (AvgIpc) is 2.50. The van der Waals surface area contributed by atoms with Gasteiger partial charge >= 0.3 is 5.97 Å². The lowest BCUT2D eigenvalue weighted by Crippen LogP contribution is -2.44. The SMILES string of the molecule is CCOc1ccc(C(=O)CCC(=O)N[C@@H](C(=O)O)C(C)C)cc1. The Balaban J connectivity index is 2.51. The number of carboxylic acid groups (broad SMARTS) is 1. The molecule has 0 aromatic heterocycles.